The molecule has 0 heterocycles. The van der Waals surface area contributed by atoms with Gasteiger partial charge in [-0.15, -0.1) is 0 Å². The van der Waals surface area contributed by atoms with Crippen molar-refractivity contribution in [3.8, 4) is 23.0 Å². The normalized spacial score (nSPS) is 10.0. The number of ether oxygens (including phenoxy) is 3. The van der Waals surface area contributed by atoms with Gasteiger partial charge in [-0.1, -0.05) is 24.3 Å². The molecule has 3 rings (SSSR count). The number of amides is 1. The highest BCUT2D eigenvalue weighted by Gasteiger charge is 2.05. The summed E-state index contributed by atoms with van der Waals surface area (Å²) in [5.41, 5.74) is 0.681. The van der Waals surface area contributed by atoms with Gasteiger partial charge in [-0.2, -0.15) is 0 Å². The lowest BCUT2D eigenvalue weighted by Crippen LogP contribution is -2.20. The summed E-state index contributed by atoms with van der Waals surface area (Å²) in [7, 11) is 1.59. The molecule has 0 saturated carbocycles. The topological polar surface area (TPSA) is 56.8 Å². The lowest BCUT2D eigenvalue weighted by atomic mass is 10.3. The summed E-state index contributed by atoms with van der Waals surface area (Å²) < 4.78 is 16.4. The number of carbonyl (C=O) groups excluding carboxylic acids is 1. The fourth-order valence-electron chi connectivity index (χ4n) is 2.27. The van der Waals surface area contributed by atoms with Crippen molar-refractivity contribution in [3.05, 3.63) is 78.9 Å². The van der Waals surface area contributed by atoms with Crippen LogP contribution in [0.2, 0.25) is 0 Å². The molecule has 0 saturated heterocycles. The summed E-state index contributed by atoms with van der Waals surface area (Å²) in [5.74, 6) is 2.42. The standard InChI is InChI=1S/C21H19NO4/c1-24-17-12-10-16(11-13-17)22-21(23)15-25-19-8-5-9-20(14-19)26-18-6-3-2-4-7-18/h2-14H,15H2,1H3,(H,22,23). The second-order valence-corrected chi connectivity index (χ2v) is 5.46. The summed E-state index contributed by atoms with van der Waals surface area (Å²) in [6, 6.07) is 23.7. The Hall–Kier alpha value is -3.47. The van der Waals surface area contributed by atoms with Crippen LogP contribution in [0.3, 0.4) is 0 Å². The fourth-order valence-corrected chi connectivity index (χ4v) is 2.27. The van der Waals surface area contributed by atoms with Crippen molar-refractivity contribution in [3.63, 3.8) is 0 Å². The first-order valence-corrected chi connectivity index (χ1v) is 8.12. The van der Waals surface area contributed by atoms with Crippen molar-refractivity contribution in [2.24, 2.45) is 0 Å². The monoisotopic (exact) mass is 349 g/mol. The van der Waals surface area contributed by atoms with Crippen molar-refractivity contribution < 1.29 is 19.0 Å². The minimum atomic E-state index is -0.246. The van der Waals surface area contributed by atoms with Gasteiger partial charge in [0.2, 0.25) is 0 Å². The predicted octanol–water partition coefficient (Wildman–Crippen LogP) is 4.51. The Balaban J connectivity index is 1.53. The Bertz CT molecular complexity index is 847. The zero-order chi connectivity index (χ0) is 18.2. The number of hydrogen-bond acceptors (Lipinski definition) is 4. The third kappa shape index (κ3) is 5.01. The number of hydrogen-bond donors (Lipinski definition) is 1. The summed E-state index contributed by atoms with van der Waals surface area (Å²) in [6.07, 6.45) is 0. The van der Waals surface area contributed by atoms with E-state index in [1.54, 1.807) is 43.5 Å². The van der Waals surface area contributed by atoms with E-state index in [-0.39, 0.29) is 12.5 Å². The van der Waals surface area contributed by atoms with Gasteiger partial charge in [0.15, 0.2) is 6.61 Å². The van der Waals surface area contributed by atoms with Gasteiger partial charge < -0.3 is 19.5 Å². The van der Waals surface area contributed by atoms with E-state index in [9.17, 15) is 4.79 Å². The van der Waals surface area contributed by atoms with E-state index in [2.05, 4.69) is 5.32 Å². The van der Waals surface area contributed by atoms with Gasteiger partial charge in [-0.3, -0.25) is 4.79 Å². The predicted molar refractivity (Wildman–Crippen MR) is 100 cm³/mol. The van der Waals surface area contributed by atoms with Gasteiger partial charge in [0.25, 0.3) is 5.91 Å². The van der Waals surface area contributed by atoms with Gasteiger partial charge in [-0.25, -0.2) is 0 Å². The van der Waals surface area contributed by atoms with Crippen LogP contribution in [-0.4, -0.2) is 19.6 Å². The van der Waals surface area contributed by atoms with Crippen molar-refractivity contribution >= 4 is 11.6 Å². The number of anilines is 1. The van der Waals surface area contributed by atoms with Crippen LogP contribution < -0.4 is 19.5 Å². The van der Waals surface area contributed by atoms with Crippen LogP contribution >= 0.6 is 0 Å². The highest BCUT2D eigenvalue weighted by Crippen LogP contribution is 2.25. The molecule has 132 valence electrons. The average Bonchev–Trinajstić information content (AvgIpc) is 2.68. The number of nitrogens with one attached hydrogen (secondary N) is 1. The van der Waals surface area contributed by atoms with Gasteiger partial charge >= 0.3 is 0 Å². The van der Waals surface area contributed by atoms with Crippen LogP contribution in [0, 0.1) is 0 Å². The zero-order valence-electron chi connectivity index (χ0n) is 14.3. The molecule has 0 spiro atoms. The van der Waals surface area contributed by atoms with Crippen LogP contribution in [0.15, 0.2) is 78.9 Å². The summed E-state index contributed by atoms with van der Waals surface area (Å²) in [5, 5.41) is 2.77. The first-order chi connectivity index (χ1) is 12.7. The van der Waals surface area contributed by atoms with E-state index in [1.165, 1.54) is 0 Å². The lowest BCUT2D eigenvalue weighted by molar-refractivity contribution is -0.118. The molecule has 1 N–H and O–H groups in total. The molecular weight excluding hydrogens is 330 g/mol. The summed E-state index contributed by atoms with van der Waals surface area (Å²) >= 11 is 0. The third-order valence-corrected chi connectivity index (χ3v) is 3.53. The molecule has 26 heavy (non-hydrogen) atoms. The van der Waals surface area contributed by atoms with Crippen molar-refractivity contribution in [2.45, 2.75) is 0 Å². The summed E-state index contributed by atoms with van der Waals surface area (Å²) in [4.78, 5) is 12.0. The maximum atomic E-state index is 12.0. The molecule has 0 radical (unpaired) electrons. The van der Waals surface area contributed by atoms with E-state index in [0.29, 0.717) is 17.2 Å². The van der Waals surface area contributed by atoms with Crippen molar-refractivity contribution in [2.75, 3.05) is 19.0 Å². The van der Waals surface area contributed by atoms with E-state index in [4.69, 9.17) is 14.2 Å². The van der Waals surface area contributed by atoms with Crippen molar-refractivity contribution in [1.29, 1.82) is 0 Å². The van der Waals surface area contributed by atoms with Gasteiger partial charge in [-0.05, 0) is 48.5 Å². The van der Waals surface area contributed by atoms with Gasteiger partial charge in [0, 0.05) is 11.8 Å². The highest BCUT2D eigenvalue weighted by atomic mass is 16.5. The second kappa shape index (κ2) is 8.58. The molecule has 0 atom stereocenters. The number of benzene rings is 3. The number of carbonyl (C=O) groups is 1. The van der Waals surface area contributed by atoms with E-state index in [0.717, 1.165) is 11.5 Å². The molecule has 0 aliphatic carbocycles. The Morgan fingerprint density at radius 1 is 0.808 bits per heavy atom. The molecule has 1 amide bonds. The molecule has 0 bridgehead atoms. The number of rotatable bonds is 7. The molecular formula is C21H19NO4. The lowest BCUT2D eigenvalue weighted by Gasteiger charge is -2.10. The molecule has 5 heteroatoms. The SMILES string of the molecule is COc1ccc(NC(=O)COc2cccc(Oc3ccccc3)c2)cc1. The Kier molecular flexibility index (Phi) is 5.72. The number of methoxy groups -OCH3 is 1. The largest absolute Gasteiger partial charge is 0.497 e. The Morgan fingerprint density at radius 3 is 2.23 bits per heavy atom. The highest BCUT2D eigenvalue weighted by molar-refractivity contribution is 5.91. The fraction of sp³-hybridized carbons (Fsp3) is 0.0952. The average molecular weight is 349 g/mol. The van der Waals surface area contributed by atoms with Crippen LogP contribution in [0.1, 0.15) is 0 Å². The molecule has 5 nitrogen and oxygen atoms in total. The number of para-hydroxylation sites is 1. The van der Waals surface area contributed by atoms with Crippen LogP contribution in [0.25, 0.3) is 0 Å². The molecule has 0 unspecified atom stereocenters. The molecule has 0 fully saturated rings. The molecule has 3 aromatic rings. The maximum absolute atomic E-state index is 12.0. The Labute approximate surface area is 152 Å². The van der Waals surface area contributed by atoms with Gasteiger partial charge in [0.05, 0.1) is 7.11 Å². The second-order valence-electron chi connectivity index (χ2n) is 5.46. The van der Waals surface area contributed by atoms with E-state index >= 15 is 0 Å². The molecule has 0 aromatic heterocycles. The van der Waals surface area contributed by atoms with Crippen LogP contribution in [0.4, 0.5) is 5.69 Å². The summed E-state index contributed by atoms with van der Waals surface area (Å²) in [6.45, 7) is -0.0964. The van der Waals surface area contributed by atoms with E-state index < -0.39 is 0 Å². The third-order valence-electron chi connectivity index (χ3n) is 3.53. The maximum Gasteiger partial charge on any atom is 0.262 e. The minimum absolute atomic E-state index is 0.0964. The first-order valence-electron chi connectivity index (χ1n) is 8.12. The van der Waals surface area contributed by atoms with Crippen molar-refractivity contribution in [1.82, 2.24) is 0 Å². The smallest absolute Gasteiger partial charge is 0.262 e. The van der Waals surface area contributed by atoms with Gasteiger partial charge in [0.1, 0.15) is 23.0 Å². The van der Waals surface area contributed by atoms with Crippen LogP contribution in [-0.2, 0) is 4.79 Å². The quantitative estimate of drug-likeness (QED) is 0.682. The minimum Gasteiger partial charge on any atom is -0.497 e. The molecule has 0 aliphatic rings. The first kappa shape index (κ1) is 17.4. The molecule has 0 aliphatic heterocycles. The Morgan fingerprint density at radius 2 is 1.50 bits per heavy atom. The zero-order valence-corrected chi connectivity index (χ0v) is 14.3. The molecule has 3 aromatic carbocycles. The van der Waals surface area contributed by atoms with E-state index in [1.807, 2.05) is 42.5 Å². The van der Waals surface area contributed by atoms with Crippen LogP contribution in [0.5, 0.6) is 23.0 Å².